The van der Waals surface area contributed by atoms with Gasteiger partial charge < -0.3 is 9.21 Å². The predicted molar refractivity (Wildman–Crippen MR) is 106 cm³/mol. The Morgan fingerprint density at radius 2 is 1.76 bits per heavy atom. The third-order valence-electron chi connectivity index (χ3n) is 3.83. The first-order valence-electron chi connectivity index (χ1n) is 8.43. The van der Waals surface area contributed by atoms with Gasteiger partial charge in [-0.25, -0.2) is 24.3 Å². The molecule has 3 aromatic heterocycles. The van der Waals surface area contributed by atoms with Gasteiger partial charge in [0.05, 0.1) is 11.4 Å². The average molecular weight is 427 g/mol. The van der Waals surface area contributed by atoms with E-state index in [-0.39, 0.29) is 12.2 Å². The van der Waals surface area contributed by atoms with Gasteiger partial charge in [-0.05, 0) is 48.2 Å². The number of carbonyl (C=O) groups is 1. The zero-order chi connectivity index (χ0) is 20.2. The highest BCUT2D eigenvalue weighted by molar-refractivity contribution is 7.99. The Balaban J connectivity index is 1.75. The van der Waals surface area contributed by atoms with E-state index < -0.39 is 0 Å². The molecule has 1 aromatic carbocycles. The molecule has 4 rings (SSSR count). The second kappa shape index (κ2) is 8.50. The SMILES string of the molecule is O=CCc1ncc(-c2nc(-c3ccc(F)cc3)oc2Sc2ccc(Cl)cn2)cn1. The Hall–Kier alpha value is -3.10. The molecule has 0 radical (unpaired) electrons. The lowest BCUT2D eigenvalue weighted by atomic mass is 10.2. The number of carbonyl (C=O) groups excluding carboxylic acids is 1. The summed E-state index contributed by atoms with van der Waals surface area (Å²) in [5.74, 6) is 0.396. The molecule has 0 saturated heterocycles. The Morgan fingerprint density at radius 1 is 1.00 bits per heavy atom. The largest absolute Gasteiger partial charge is 0.429 e. The van der Waals surface area contributed by atoms with Gasteiger partial charge in [-0.15, -0.1) is 0 Å². The highest BCUT2D eigenvalue weighted by Crippen LogP contribution is 2.38. The van der Waals surface area contributed by atoms with Crippen LogP contribution in [0.4, 0.5) is 4.39 Å². The fraction of sp³-hybridized carbons (Fsp3) is 0.0500. The standard InChI is InChI=1S/C20H12ClFN4O2S/c21-14-3-6-17(25-11-14)29-20-18(13-9-23-16(7-8-27)24-10-13)26-19(28-20)12-1-4-15(22)5-2-12/h1-6,8-11H,7H2. The quantitative estimate of drug-likeness (QED) is 0.406. The van der Waals surface area contributed by atoms with E-state index in [1.54, 1.807) is 36.7 Å². The average Bonchev–Trinajstić information content (AvgIpc) is 3.15. The van der Waals surface area contributed by atoms with Crippen LogP contribution in [0.15, 0.2) is 69.5 Å². The molecule has 0 atom stereocenters. The van der Waals surface area contributed by atoms with E-state index in [9.17, 15) is 9.18 Å². The van der Waals surface area contributed by atoms with Gasteiger partial charge in [-0.2, -0.15) is 0 Å². The Labute approximate surface area is 174 Å². The molecule has 4 aromatic rings. The van der Waals surface area contributed by atoms with Gasteiger partial charge in [0.25, 0.3) is 0 Å². The van der Waals surface area contributed by atoms with Gasteiger partial charge in [-0.1, -0.05) is 11.6 Å². The van der Waals surface area contributed by atoms with Gasteiger partial charge in [0.1, 0.15) is 28.6 Å². The van der Waals surface area contributed by atoms with E-state index in [0.29, 0.717) is 43.7 Å². The molecular formula is C20H12ClFN4O2S. The van der Waals surface area contributed by atoms with Crippen LogP contribution >= 0.6 is 23.4 Å². The van der Waals surface area contributed by atoms with Crippen LogP contribution in [0.25, 0.3) is 22.7 Å². The van der Waals surface area contributed by atoms with E-state index in [4.69, 9.17) is 16.0 Å². The molecule has 0 unspecified atom stereocenters. The van der Waals surface area contributed by atoms with Gasteiger partial charge in [-0.3, -0.25) is 0 Å². The molecule has 0 aliphatic carbocycles. The maximum Gasteiger partial charge on any atom is 0.228 e. The summed E-state index contributed by atoms with van der Waals surface area (Å²) in [5.41, 5.74) is 1.76. The molecule has 0 fully saturated rings. The van der Waals surface area contributed by atoms with Crippen molar-refractivity contribution in [1.29, 1.82) is 0 Å². The summed E-state index contributed by atoms with van der Waals surface area (Å²) < 4.78 is 19.2. The first-order valence-corrected chi connectivity index (χ1v) is 9.63. The summed E-state index contributed by atoms with van der Waals surface area (Å²) in [5, 5.41) is 1.67. The molecule has 29 heavy (non-hydrogen) atoms. The monoisotopic (exact) mass is 426 g/mol. The number of hydrogen-bond acceptors (Lipinski definition) is 7. The maximum absolute atomic E-state index is 13.3. The van der Waals surface area contributed by atoms with Crippen molar-refractivity contribution >= 4 is 29.6 Å². The molecule has 0 spiro atoms. The number of aldehydes is 1. The Morgan fingerprint density at radius 3 is 2.41 bits per heavy atom. The van der Waals surface area contributed by atoms with Crippen molar-refractivity contribution in [3.05, 3.63) is 71.7 Å². The van der Waals surface area contributed by atoms with Crippen LogP contribution in [-0.4, -0.2) is 26.2 Å². The third kappa shape index (κ3) is 4.49. The lowest BCUT2D eigenvalue weighted by molar-refractivity contribution is -0.107. The molecule has 0 aliphatic rings. The van der Waals surface area contributed by atoms with Gasteiger partial charge in [0, 0.05) is 29.7 Å². The van der Waals surface area contributed by atoms with E-state index in [1.807, 2.05) is 0 Å². The van der Waals surface area contributed by atoms with Crippen LogP contribution in [-0.2, 0) is 11.2 Å². The molecule has 0 saturated carbocycles. The molecule has 0 N–H and O–H groups in total. The van der Waals surface area contributed by atoms with E-state index >= 15 is 0 Å². The molecular weight excluding hydrogens is 415 g/mol. The third-order valence-corrected chi connectivity index (χ3v) is 4.97. The maximum atomic E-state index is 13.3. The van der Waals surface area contributed by atoms with Crippen molar-refractivity contribution in [2.45, 2.75) is 16.5 Å². The molecule has 144 valence electrons. The zero-order valence-electron chi connectivity index (χ0n) is 14.8. The van der Waals surface area contributed by atoms with Crippen molar-refractivity contribution in [2.75, 3.05) is 0 Å². The molecule has 0 bridgehead atoms. The fourth-order valence-corrected chi connectivity index (χ4v) is 3.37. The van der Waals surface area contributed by atoms with Crippen molar-refractivity contribution in [3.8, 4) is 22.7 Å². The minimum absolute atomic E-state index is 0.135. The summed E-state index contributed by atoms with van der Waals surface area (Å²) in [6, 6.07) is 9.34. The highest BCUT2D eigenvalue weighted by Gasteiger charge is 2.19. The van der Waals surface area contributed by atoms with E-state index in [2.05, 4.69) is 19.9 Å². The number of pyridine rings is 1. The zero-order valence-corrected chi connectivity index (χ0v) is 16.3. The van der Waals surface area contributed by atoms with Gasteiger partial charge in [0.15, 0.2) is 5.09 Å². The smallest absolute Gasteiger partial charge is 0.228 e. The van der Waals surface area contributed by atoms with Gasteiger partial charge >= 0.3 is 0 Å². The first-order chi connectivity index (χ1) is 14.1. The van der Waals surface area contributed by atoms with E-state index in [0.717, 1.165) is 6.29 Å². The second-order valence-electron chi connectivity index (χ2n) is 5.84. The lowest BCUT2D eigenvalue weighted by Gasteiger charge is -2.01. The Kier molecular flexibility index (Phi) is 5.64. The Bertz CT molecular complexity index is 1130. The number of oxazole rings is 1. The number of benzene rings is 1. The minimum atomic E-state index is -0.348. The van der Waals surface area contributed by atoms with Crippen molar-refractivity contribution in [3.63, 3.8) is 0 Å². The summed E-state index contributed by atoms with van der Waals surface area (Å²) in [6.45, 7) is 0. The van der Waals surface area contributed by atoms with Crippen molar-refractivity contribution < 1.29 is 13.6 Å². The summed E-state index contributed by atoms with van der Waals surface area (Å²) >= 11 is 7.17. The summed E-state index contributed by atoms with van der Waals surface area (Å²) in [7, 11) is 0. The lowest BCUT2D eigenvalue weighted by Crippen LogP contribution is -1.96. The minimum Gasteiger partial charge on any atom is -0.429 e. The van der Waals surface area contributed by atoms with E-state index in [1.165, 1.54) is 30.1 Å². The van der Waals surface area contributed by atoms with Crippen LogP contribution in [0.1, 0.15) is 5.82 Å². The van der Waals surface area contributed by atoms with Crippen LogP contribution in [0.3, 0.4) is 0 Å². The normalized spacial score (nSPS) is 10.8. The van der Waals surface area contributed by atoms with Crippen LogP contribution < -0.4 is 0 Å². The second-order valence-corrected chi connectivity index (χ2v) is 7.27. The number of hydrogen-bond donors (Lipinski definition) is 0. The highest BCUT2D eigenvalue weighted by atomic mass is 35.5. The van der Waals surface area contributed by atoms with Crippen LogP contribution in [0, 0.1) is 5.82 Å². The molecule has 9 heteroatoms. The molecule has 3 heterocycles. The number of rotatable bonds is 6. The number of nitrogens with zero attached hydrogens (tertiary/aromatic N) is 4. The van der Waals surface area contributed by atoms with Crippen LogP contribution in [0.2, 0.25) is 5.02 Å². The first kappa shape index (κ1) is 19.2. The number of aromatic nitrogens is 4. The fourth-order valence-electron chi connectivity index (χ4n) is 2.45. The summed E-state index contributed by atoms with van der Waals surface area (Å²) in [6.07, 6.45) is 5.58. The van der Waals surface area contributed by atoms with Gasteiger partial charge in [0.2, 0.25) is 5.89 Å². The van der Waals surface area contributed by atoms with Crippen LogP contribution in [0.5, 0.6) is 0 Å². The molecule has 6 nitrogen and oxygen atoms in total. The summed E-state index contributed by atoms with van der Waals surface area (Å²) in [4.78, 5) is 27.8. The molecule has 0 aliphatic heterocycles. The number of halogens is 2. The predicted octanol–water partition coefficient (Wildman–Crippen LogP) is 4.88. The molecule has 0 amide bonds. The van der Waals surface area contributed by atoms with Crippen molar-refractivity contribution in [2.24, 2.45) is 0 Å². The van der Waals surface area contributed by atoms with Crippen molar-refractivity contribution in [1.82, 2.24) is 19.9 Å². The topological polar surface area (TPSA) is 81.8 Å².